The normalized spacial score (nSPS) is 16.3. The predicted molar refractivity (Wildman–Crippen MR) is 104 cm³/mol. The zero-order chi connectivity index (χ0) is 20.0. The Kier molecular flexibility index (Phi) is 6.76. The molecule has 0 amide bonds. The molecule has 1 fully saturated rings. The highest BCUT2D eigenvalue weighted by molar-refractivity contribution is 7.89. The molecule has 0 N–H and O–H groups in total. The number of piperazine rings is 1. The van der Waals surface area contributed by atoms with Gasteiger partial charge >= 0.3 is 0 Å². The summed E-state index contributed by atoms with van der Waals surface area (Å²) in [6.07, 6.45) is 6.94. The van der Waals surface area contributed by atoms with Gasteiger partial charge in [-0.15, -0.1) is 0 Å². The zero-order valence-corrected chi connectivity index (χ0v) is 16.5. The molecule has 3 rings (SSSR count). The first kappa shape index (κ1) is 20.4. The molecule has 1 aromatic carbocycles. The Balaban J connectivity index is 1.46. The molecule has 0 spiro atoms. The van der Waals surface area contributed by atoms with Crippen molar-refractivity contribution in [1.29, 1.82) is 0 Å². The van der Waals surface area contributed by atoms with Gasteiger partial charge in [-0.3, -0.25) is 14.8 Å². The fourth-order valence-corrected chi connectivity index (χ4v) is 4.96. The number of benzene rings is 1. The average molecular weight is 407 g/mol. The summed E-state index contributed by atoms with van der Waals surface area (Å²) < 4.78 is 28.9. The molecule has 1 aliphatic heterocycles. The molecule has 0 radical (unpaired) electrons. The molecule has 28 heavy (non-hydrogen) atoms. The van der Waals surface area contributed by atoms with Gasteiger partial charge in [-0.1, -0.05) is 18.6 Å². The van der Waals surface area contributed by atoms with Crippen LogP contribution in [0.2, 0.25) is 0 Å². The van der Waals surface area contributed by atoms with Crippen LogP contribution >= 0.6 is 0 Å². The lowest BCUT2D eigenvalue weighted by atomic mass is 10.2. The highest BCUT2D eigenvalue weighted by Crippen LogP contribution is 2.26. The first-order valence-electron chi connectivity index (χ1n) is 9.42. The Morgan fingerprint density at radius 2 is 1.71 bits per heavy atom. The predicted octanol–water partition coefficient (Wildman–Crippen LogP) is 1.97. The molecular formula is C18H25N5O4S. The van der Waals surface area contributed by atoms with Crippen molar-refractivity contribution in [2.75, 3.05) is 32.7 Å². The second kappa shape index (κ2) is 9.26. The van der Waals surface area contributed by atoms with E-state index in [4.69, 9.17) is 0 Å². The fraction of sp³-hybridized carbons (Fsp3) is 0.500. The zero-order valence-electron chi connectivity index (χ0n) is 15.7. The van der Waals surface area contributed by atoms with Gasteiger partial charge in [0.05, 0.1) is 4.92 Å². The molecule has 1 aliphatic rings. The Bertz CT molecular complexity index is 877. The van der Waals surface area contributed by atoms with Crippen molar-refractivity contribution in [1.82, 2.24) is 19.0 Å². The summed E-state index contributed by atoms with van der Waals surface area (Å²) in [7, 11) is -3.86. The van der Waals surface area contributed by atoms with Crippen LogP contribution in [0.15, 0.2) is 47.6 Å². The van der Waals surface area contributed by atoms with E-state index >= 15 is 0 Å². The maximum atomic E-state index is 12.8. The molecule has 0 unspecified atom stereocenters. The minimum Gasteiger partial charge on any atom is -0.301 e. The number of rotatable bonds is 9. The Labute approximate surface area is 164 Å². The van der Waals surface area contributed by atoms with Crippen LogP contribution in [-0.4, -0.2) is 65.1 Å². The third-order valence-corrected chi connectivity index (χ3v) is 6.88. The summed E-state index contributed by atoms with van der Waals surface area (Å²) in [5, 5.41) is 15.3. The van der Waals surface area contributed by atoms with Gasteiger partial charge in [0.25, 0.3) is 5.69 Å². The summed E-state index contributed by atoms with van der Waals surface area (Å²) >= 11 is 0. The SMILES string of the molecule is O=[N+]([O-])c1ccccc1S(=O)(=O)N1CCN(CCCCCn2cccn2)CC1. The maximum absolute atomic E-state index is 12.8. The Hall–Kier alpha value is -2.30. The van der Waals surface area contributed by atoms with Crippen molar-refractivity contribution in [2.24, 2.45) is 0 Å². The number of hydrogen-bond donors (Lipinski definition) is 0. The third kappa shape index (κ3) is 4.94. The number of unbranched alkanes of at least 4 members (excludes halogenated alkanes) is 2. The first-order valence-corrected chi connectivity index (χ1v) is 10.9. The van der Waals surface area contributed by atoms with Crippen LogP contribution in [0.5, 0.6) is 0 Å². The number of nitrogens with zero attached hydrogens (tertiary/aromatic N) is 5. The van der Waals surface area contributed by atoms with Crippen molar-refractivity contribution >= 4 is 15.7 Å². The van der Waals surface area contributed by atoms with Crippen LogP contribution in [-0.2, 0) is 16.6 Å². The quantitative estimate of drug-likeness (QED) is 0.358. The lowest BCUT2D eigenvalue weighted by Gasteiger charge is -2.33. The monoisotopic (exact) mass is 407 g/mol. The third-order valence-electron chi connectivity index (χ3n) is 4.93. The highest BCUT2D eigenvalue weighted by atomic mass is 32.2. The van der Waals surface area contributed by atoms with E-state index in [9.17, 15) is 18.5 Å². The van der Waals surface area contributed by atoms with Crippen molar-refractivity contribution in [3.63, 3.8) is 0 Å². The Morgan fingerprint density at radius 3 is 2.39 bits per heavy atom. The van der Waals surface area contributed by atoms with Crippen LogP contribution in [0.3, 0.4) is 0 Å². The number of para-hydroxylation sites is 1. The second-order valence-electron chi connectivity index (χ2n) is 6.80. The summed E-state index contributed by atoms with van der Waals surface area (Å²) in [5.41, 5.74) is -0.373. The standard InChI is InChI=1S/C18H25N5O4S/c24-23(25)17-7-2-3-8-18(17)28(26,27)22-15-13-20(14-16-22)10-4-1-5-11-21-12-6-9-19-21/h2-3,6-9,12H,1,4-5,10-11,13-16H2. The molecule has 1 saturated heterocycles. The van der Waals surface area contributed by atoms with E-state index < -0.39 is 14.9 Å². The number of nitro benzene ring substituents is 1. The van der Waals surface area contributed by atoms with Gasteiger partial charge in [-0.25, -0.2) is 8.42 Å². The summed E-state index contributed by atoms with van der Waals surface area (Å²) in [4.78, 5) is 12.5. The van der Waals surface area contributed by atoms with E-state index in [1.54, 1.807) is 6.20 Å². The van der Waals surface area contributed by atoms with E-state index in [-0.39, 0.29) is 10.6 Å². The van der Waals surface area contributed by atoms with Crippen LogP contribution in [0.25, 0.3) is 0 Å². The molecule has 9 nitrogen and oxygen atoms in total. The molecule has 152 valence electrons. The van der Waals surface area contributed by atoms with Gasteiger partial charge in [0, 0.05) is 51.2 Å². The van der Waals surface area contributed by atoms with Crippen molar-refractivity contribution < 1.29 is 13.3 Å². The number of sulfonamides is 1. The minimum atomic E-state index is -3.86. The Morgan fingerprint density at radius 1 is 1.00 bits per heavy atom. The molecule has 10 heteroatoms. The smallest absolute Gasteiger partial charge is 0.289 e. The van der Waals surface area contributed by atoms with Crippen molar-refractivity contribution in [3.8, 4) is 0 Å². The van der Waals surface area contributed by atoms with Gasteiger partial charge in [-0.05, 0) is 31.5 Å². The molecule has 2 aromatic rings. The number of nitro groups is 1. The van der Waals surface area contributed by atoms with E-state index in [1.165, 1.54) is 28.6 Å². The van der Waals surface area contributed by atoms with E-state index in [0.29, 0.717) is 26.2 Å². The van der Waals surface area contributed by atoms with Gasteiger partial charge < -0.3 is 4.90 Å². The fourth-order valence-electron chi connectivity index (χ4n) is 3.38. The number of hydrogen-bond acceptors (Lipinski definition) is 6. The maximum Gasteiger partial charge on any atom is 0.289 e. The largest absolute Gasteiger partial charge is 0.301 e. The van der Waals surface area contributed by atoms with Gasteiger partial charge in [0.1, 0.15) is 0 Å². The van der Waals surface area contributed by atoms with Gasteiger partial charge in [-0.2, -0.15) is 9.40 Å². The average Bonchev–Trinajstić information content (AvgIpc) is 3.21. The van der Waals surface area contributed by atoms with E-state index in [1.807, 2.05) is 16.9 Å². The highest BCUT2D eigenvalue weighted by Gasteiger charge is 2.33. The summed E-state index contributed by atoms with van der Waals surface area (Å²) in [6, 6.07) is 7.43. The molecule has 2 heterocycles. The molecule has 0 atom stereocenters. The number of aromatic nitrogens is 2. The van der Waals surface area contributed by atoms with Gasteiger partial charge in [0.2, 0.25) is 10.0 Å². The summed E-state index contributed by atoms with van der Waals surface area (Å²) in [5.74, 6) is 0. The van der Waals surface area contributed by atoms with Crippen LogP contribution < -0.4 is 0 Å². The first-order chi connectivity index (χ1) is 13.5. The molecule has 0 saturated carbocycles. The second-order valence-corrected chi connectivity index (χ2v) is 8.71. The minimum absolute atomic E-state index is 0.230. The van der Waals surface area contributed by atoms with E-state index in [2.05, 4.69) is 10.00 Å². The van der Waals surface area contributed by atoms with Crippen molar-refractivity contribution in [3.05, 3.63) is 52.8 Å². The topological polar surface area (TPSA) is 102 Å². The molecule has 0 aliphatic carbocycles. The van der Waals surface area contributed by atoms with E-state index in [0.717, 1.165) is 32.4 Å². The number of aryl methyl sites for hydroxylation is 1. The summed E-state index contributed by atoms with van der Waals surface area (Å²) in [6.45, 7) is 3.81. The lowest BCUT2D eigenvalue weighted by molar-refractivity contribution is -0.387. The van der Waals surface area contributed by atoms with Crippen LogP contribution in [0.1, 0.15) is 19.3 Å². The van der Waals surface area contributed by atoms with Crippen molar-refractivity contribution in [2.45, 2.75) is 30.7 Å². The molecule has 1 aromatic heterocycles. The van der Waals surface area contributed by atoms with Crippen LogP contribution in [0, 0.1) is 10.1 Å². The molecular weight excluding hydrogens is 382 g/mol. The lowest BCUT2D eigenvalue weighted by Crippen LogP contribution is -2.48. The van der Waals surface area contributed by atoms with Gasteiger partial charge in [0.15, 0.2) is 4.90 Å². The molecule has 0 bridgehead atoms. The van der Waals surface area contributed by atoms with Crippen LogP contribution in [0.4, 0.5) is 5.69 Å².